The molecule has 4 nitrogen and oxygen atoms in total. The predicted octanol–water partition coefficient (Wildman–Crippen LogP) is 4.24. The molecule has 0 aromatic heterocycles. The fourth-order valence-corrected chi connectivity index (χ4v) is 3.03. The Morgan fingerprint density at radius 1 is 1.20 bits per heavy atom. The van der Waals surface area contributed by atoms with Gasteiger partial charge in [-0.3, -0.25) is 4.79 Å². The SMILES string of the molecule is CCCCCC#CC(O)C1OC1CCCCCCC(C)(C)C(=O)OC. The highest BCUT2D eigenvalue weighted by Crippen LogP contribution is 2.31. The molecule has 1 heterocycles. The van der Waals surface area contributed by atoms with E-state index in [2.05, 4.69) is 18.8 Å². The zero-order valence-electron chi connectivity index (χ0n) is 16.5. The van der Waals surface area contributed by atoms with Gasteiger partial charge in [0.15, 0.2) is 0 Å². The number of aliphatic hydroxyl groups excluding tert-OH is 1. The Morgan fingerprint density at radius 2 is 1.92 bits per heavy atom. The van der Waals surface area contributed by atoms with E-state index in [-0.39, 0.29) is 23.6 Å². The predicted molar refractivity (Wildman–Crippen MR) is 100 cm³/mol. The molecule has 1 aliphatic heterocycles. The molecule has 4 heteroatoms. The Balaban J connectivity index is 2.04. The number of hydrogen-bond donors (Lipinski definition) is 1. The van der Waals surface area contributed by atoms with Crippen molar-refractivity contribution in [2.75, 3.05) is 7.11 Å². The number of ether oxygens (including phenoxy) is 2. The number of hydrogen-bond acceptors (Lipinski definition) is 4. The van der Waals surface area contributed by atoms with Crippen molar-refractivity contribution in [3.05, 3.63) is 0 Å². The minimum atomic E-state index is -0.632. The number of unbranched alkanes of at least 4 members (excludes halogenated alkanes) is 6. The second kappa shape index (κ2) is 11.5. The summed E-state index contributed by atoms with van der Waals surface area (Å²) in [7, 11) is 1.44. The van der Waals surface area contributed by atoms with Crippen molar-refractivity contribution in [2.45, 2.75) is 103 Å². The molecule has 0 radical (unpaired) electrons. The monoisotopic (exact) mass is 352 g/mol. The molecule has 0 bridgehead atoms. The fourth-order valence-electron chi connectivity index (χ4n) is 3.03. The van der Waals surface area contributed by atoms with Crippen LogP contribution < -0.4 is 0 Å². The Labute approximate surface area is 153 Å². The van der Waals surface area contributed by atoms with Crippen LogP contribution in [0.3, 0.4) is 0 Å². The van der Waals surface area contributed by atoms with Gasteiger partial charge in [-0.15, -0.1) is 5.92 Å². The average Bonchev–Trinajstić information content (AvgIpc) is 3.36. The molecule has 3 atom stereocenters. The third kappa shape index (κ3) is 8.74. The van der Waals surface area contributed by atoms with E-state index >= 15 is 0 Å². The molecule has 1 saturated heterocycles. The summed E-state index contributed by atoms with van der Waals surface area (Å²) in [4.78, 5) is 11.6. The summed E-state index contributed by atoms with van der Waals surface area (Å²) >= 11 is 0. The Morgan fingerprint density at radius 3 is 2.60 bits per heavy atom. The molecule has 1 N–H and O–H groups in total. The van der Waals surface area contributed by atoms with Crippen molar-refractivity contribution < 1.29 is 19.4 Å². The Bertz CT molecular complexity index is 447. The van der Waals surface area contributed by atoms with E-state index in [0.717, 1.165) is 51.4 Å². The lowest BCUT2D eigenvalue weighted by atomic mass is 9.87. The zero-order valence-corrected chi connectivity index (χ0v) is 16.5. The van der Waals surface area contributed by atoms with Gasteiger partial charge in [-0.25, -0.2) is 0 Å². The lowest BCUT2D eigenvalue weighted by Gasteiger charge is -2.20. The molecule has 1 aliphatic rings. The van der Waals surface area contributed by atoms with Gasteiger partial charge in [0.2, 0.25) is 0 Å². The first kappa shape index (κ1) is 22.0. The number of carbonyl (C=O) groups is 1. The summed E-state index contributed by atoms with van der Waals surface area (Å²) in [5, 5.41) is 9.98. The second-order valence-electron chi connectivity index (χ2n) is 7.69. The fraction of sp³-hybridized carbons (Fsp3) is 0.857. The molecule has 25 heavy (non-hydrogen) atoms. The van der Waals surface area contributed by atoms with Crippen LogP contribution in [0.5, 0.6) is 0 Å². The summed E-state index contributed by atoms with van der Waals surface area (Å²) in [6, 6.07) is 0. The van der Waals surface area contributed by atoms with E-state index in [0.29, 0.717) is 0 Å². The summed E-state index contributed by atoms with van der Waals surface area (Å²) in [6.45, 7) is 6.04. The highest BCUT2D eigenvalue weighted by atomic mass is 16.6. The number of aliphatic hydroxyl groups is 1. The quantitative estimate of drug-likeness (QED) is 0.247. The van der Waals surface area contributed by atoms with Crippen LogP contribution in [0.4, 0.5) is 0 Å². The first-order valence-electron chi connectivity index (χ1n) is 9.82. The number of esters is 1. The van der Waals surface area contributed by atoms with Crippen LogP contribution in [0.2, 0.25) is 0 Å². The minimum Gasteiger partial charge on any atom is -0.469 e. The average molecular weight is 353 g/mol. The number of epoxide rings is 1. The van der Waals surface area contributed by atoms with Gasteiger partial charge in [-0.05, 0) is 33.1 Å². The van der Waals surface area contributed by atoms with Gasteiger partial charge >= 0.3 is 5.97 Å². The third-order valence-electron chi connectivity index (χ3n) is 4.87. The van der Waals surface area contributed by atoms with Crippen molar-refractivity contribution >= 4 is 5.97 Å². The number of methoxy groups -OCH3 is 1. The molecule has 0 amide bonds. The molecular formula is C21H36O4. The zero-order chi connectivity index (χ0) is 18.7. The molecule has 0 aromatic rings. The molecule has 1 rings (SSSR count). The van der Waals surface area contributed by atoms with E-state index in [1.807, 2.05) is 13.8 Å². The maximum atomic E-state index is 11.6. The largest absolute Gasteiger partial charge is 0.469 e. The third-order valence-corrected chi connectivity index (χ3v) is 4.87. The van der Waals surface area contributed by atoms with E-state index in [4.69, 9.17) is 9.47 Å². The molecule has 0 aliphatic carbocycles. The standard InChI is InChI=1S/C21H36O4/c1-5-6-7-8-11-14-17(22)19-18(25-19)15-12-9-10-13-16-21(2,3)20(23)24-4/h17-19,22H,5-10,12-13,15-16H2,1-4H3. The van der Waals surface area contributed by atoms with E-state index in [1.165, 1.54) is 20.0 Å². The van der Waals surface area contributed by atoms with Crippen LogP contribution >= 0.6 is 0 Å². The van der Waals surface area contributed by atoms with Gasteiger partial charge in [0, 0.05) is 6.42 Å². The van der Waals surface area contributed by atoms with Crippen molar-refractivity contribution in [2.24, 2.45) is 5.41 Å². The summed E-state index contributed by atoms with van der Waals surface area (Å²) in [6.07, 6.45) is 10.0. The van der Waals surface area contributed by atoms with Gasteiger partial charge in [0.05, 0.1) is 18.6 Å². The molecule has 0 spiro atoms. The maximum absolute atomic E-state index is 11.6. The minimum absolute atomic E-state index is 0.0862. The highest BCUT2D eigenvalue weighted by molar-refractivity contribution is 5.75. The topological polar surface area (TPSA) is 59.1 Å². The number of carbonyl (C=O) groups excluding carboxylic acids is 1. The second-order valence-corrected chi connectivity index (χ2v) is 7.69. The van der Waals surface area contributed by atoms with Gasteiger partial charge in [-0.2, -0.15) is 0 Å². The summed E-state index contributed by atoms with van der Waals surface area (Å²) in [5.74, 6) is 5.84. The highest BCUT2D eigenvalue weighted by Gasteiger charge is 2.43. The lowest BCUT2D eigenvalue weighted by molar-refractivity contribution is -0.151. The van der Waals surface area contributed by atoms with Crippen LogP contribution in [0, 0.1) is 17.3 Å². The maximum Gasteiger partial charge on any atom is 0.311 e. The normalized spacial score (nSPS) is 20.5. The van der Waals surface area contributed by atoms with E-state index < -0.39 is 6.10 Å². The van der Waals surface area contributed by atoms with E-state index in [1.54, 1.807) is 0 Å². The van der Waals surface area contributed by atoms with Crippen LogP contribution in [0.25, 0.3) is 0 Å². The number of rotatable bonds is 12. The van der Waals surface area contributed by atoms with Crippen LogP contribution in [-0.2, 0) is 14.3 Å². The van der Waals surface area contributed by atoms with Crippen molar-refractivity contribution in [3.8, 4) is 11.8 Å². The molecule has 144 valence electrons. The molecular weight excluding hydrogens is 316 g/mol. The Kier molecular flexibility index (Phi) is 10.2. The first-order valence-corrected chi connectivity index (χ1v) is 9.82. The molecule has 3 unspecified atom stereocenters. The van der Waals surface area contributed by atoms with Crippen molar-refractivity contribution in [3.63, 3.8) is 0 Å². The lowest BCUT2D eigenvalue weighted by Crippen LogP contribution is -2.25. The van der Waals surface area contributed by atoms with Crippen LogP contribution in [0.15, 0.2) is 0 Å². The van der Waals surface area contributed by atoms with Gasteiger partial charge in [-0.1, -0.05) is 51.4 Å². The molecule has 0 aromatic carbocycles. The van der Waals surface area contributed by atoms with Crippen LogP contribution in [-0.4, -0.2) is 36.5 Å². The smallest absolute Gasteiger partial charge is 0.311 e. The Hall–Kier alpha value is -1.05. The van der Waals surface area contributed by atoms with Crippen LogP contribution in [0.1, 0.15) is 85.0 Å². The van der Waals surface area contributed by atoms with Crippen molar-refractivity contribution in [1.82, 2.24) is 0 Å². The summed E-state index contributed by atoms with van der Waals surface area (Å²) in [5.41, 5.74) is -0.390. The molecule has 1 fully saturated rings. The van der Waals surface area contributed by atoms with Crippen molar-refractivity contribution in [1.29, 1.82) is 0 Å². The van der Waals surface area contributed by atoms with E-state index in [9.17, 15) is 9.90 Å². The van der Waals surface area contributed by atoms with Gasteiger partial charge in [0.1, 0.15) is 12.2 Å². The van der Waals surface area contributed by atoms with Gasteiger partial charge < -0.3 is 14.6 Å². The van der Waals surface area contributed by atoms with Gasteiger partial charge in [0.25, 0.3) is 0 Å². The first-order chi connectivity index (χ1) is 11.9. The summed E-state index contributed by atoms with van der Waals surface area (Å²) < 4.78 is 10.4. The molecule has 0 saturated carbocycles.